The van der Waals surface area contributed by atoms with E-state index in [0.717, 1.165) is 0 Å². The highest BCUT2D eigenvalue weighted by Crippen LogP contribution is 1.70. The molecule has 0 unspecified atom stereocenters. The first-order valence-corrected chi connectivity index (χ1v) is 3.56. The van der Waals surface area contributed by atoms with Crippen LogP contribution in [0.1, 0.15) is 6.92 Å². The molecule has 0 heterocycles. The minimum absolute atomic E-state index is 0.0571. The summed E-state index contributed by atoms with van der Waals surface area (Å²) in [6.45, 7) is 6.62. The Morgan fingerprint density at radius 1 is 1.55 bits per heavy atom. The van der Waals surface area contributed by atoms with E-state index in [0.29, 0.717) is 13.1 Å². The Hall–Kier alpha value is -1.25. The van der Waals surface area contributed by atoms with Crippen molar-refractivity contribution in [2.75, 3.05) is 13.1 Å². The average Bonchev–Trinajstić information content (AvgIpc) is 1.99. The maximum absolute atomic E-state index is 10.8. The van der Waals surface area contributed by atoms with Gasteiger partial charge in [-0.05, 0) is 19.2 Å². The predicted octanol–water partition coefficient (Wildman–Crippen LogP) is 0.412. The van der Waals surface area contributed by atoms with Gasteiger partial charge in [0.05, 0.1) is 0 Å². The van der Waals surface area contributed by atoms with Crippen molar-refractivity contribution < 1.29 is 4.79 Å². The predicted molar refractivity (Wildman–Crippen MR) is 46.0 cm³/mol. The van der Waals surface area contributed by atoms with E-state index in [1.165, 1.54) is 6.08 Å². The Kier molecular flexibility index (Phi) is 6.08. The van der Waals surface area contributed by atoms with Crippen LogP contribution in [0.25, 0.3) is 0 Å². The Morgan fingerprint density at radius 2 is 2.27 bits per heavy atom. The van der Waals surface area contributed by atoms with Gasteiger partial charge in [-0.3, -0.25) is 4.79 Å². The minimum atomic E-state index is -0.0571. The van der Waals surface area contributed by atoms with Gasteiger partial charge in [-0.1, -0.05) is 12.7 Å². The number of allylic oxidation sites excluding steroid dienone is 1. The number of rotatable bonds is 5. The lowest BCUT2D eigenvalue weighted by Crippen LogP contribution is -2.28. The van der Waals surface area contributed by atoms with Crippen molar-refractivity contribution in [3.05, 3.63) is 24.9 Å². The number of hydrogen-bond acceptors (Lipinski definition) is 2. The van der Waals surface area contributed by atoms with E-state index in [9.17, 15) is 4.79 Å². The molecule has 0 aromatic carbocycles. The first kappa shape index (κ1) is 9.75. The number of carbonyl (C=O) groups excluding carboxylic acids is 1. The summed E-state index contributed by atoms with van der Waals surface area (Å²) < 4.78 is 0. The zero-order valence-electron chi connectivity index (χ0n) is 6.76. The quantitative estimate of drug-likeness (QED) is 0.445. The van der Waals surface area contributed by atoms with Crippen LogP contribution in [-0.2, 0) is 4.79 Å². The van der Waals surface area contributed by atoms with Crippen molar-refractivity contribution in [1.82, 2.24) is 10.6 Å². The van der Waals surface area contributed by atoms with Crippen molar-refractivity contribution in [1.29, 1.82) is 0 Å². The summed E-state index contributed by atoms with van der Waals surface area (Å²) in [5.41, 5.74) is 0. The lowest BCUT2D eigenvalue weighted by atomic mass is 10.5. The maximum Gasteiger partial charge on any atom is 0.243 e. The Balaban J connectivity index is 3.24. The monoisotopic (exact) mass is 154 g/mol. The molecule has 0 radical (unpaired) electrons. The molecule has 11 heavy (non-hydrogen) atoms. The second-order valence-corrected chi connectivity index (χ2v) is 1.95. The highest BCUT2D eigenvalue weighted by atomic mass is 16.1. The van der Waals surface area contributed by atoms with Crippen LogP contribution in [-0.4, -0.2) is 19.0 Å². The van der Waals surface area contributed by atoms with Crippen LogP contribution in [0, 0.1) is 0 Å². The zero-order valence-corrected chi connectivity index (χ0v) is 6.76. The third-order valence-corrected chi connectivity index (χ3v) is 1.03. The zero-order chi connectivity index (χ0) is 8.53. The van der Waals surface area contributed by atoms with Gasteiger partial charge in [-0.2, -0.15) is 0 Å². The molecule has 0 aliphatic carbocycles. The summed E-state index contributed by atoms with van der Waals surface area (Å²) in [7, 11) is 0. The van der Waals surface area contributed by atoms with Gasteiger partial charge in [0, 0.05) is 13.1 Å². The van der Waals surface area contributed by atoms with Gasteiger partial charge in [0.2, 0.25) is 5.91 Å². The summed E-state index contributed by atoms with van der Waals surface area (Å²) >= 11 is 0. The van der Waals surface area contributed by atoms with E-state index in [4.69, 9.17) is 0 Å². The van der Waals surface area contributed by atoms with Gasteiger partial charge >= 0.3 is 0 Å². The van der Waals surface area contributed by atoms with Crippen LogP contribution in [0.5, 0.6) is 0 Å². The highest BCUT2D eigenvalue weighted by Gasteiger charge is 1.90. The molecule has 3 heteroatoms. The maximum atomic E-state index is 10.8. The summed E-state index contributed by atoms with van der Waals surface area (Å²) in [6, 6.07) is 0. The van der Waals surface area contributed by atoms with Gasteiger partial charge in [0.1, 0.15) is 0 Å². The highest BCUT2D eigenvalue weighted by molar-refractivity contribution is 5.87. The van der Waals surface area contributed by atoms with Crippen molar-refractivity contribution >= 4 is 5.91 Å². The van der Waals surface area contributed by atoms with Gasteiger partial charge in [0.25, 0.3) is 0 Å². The smallest absolute Gasteiger partial charge is 0.243 e. The molecular weight excluding hydrogens is 140 g/mol. The van der Waals surface area contributed by atoms with Gasteiger partial charge in [0.15, 0.2) is 0 Å². The molecule has 0 fully saturated rings. The van der Waals surface area contributed by atoms with Crippen molar-refractivity contribution in [2.45, 2.75) is 6.92 Å². The van der Waals surface area contributed by atoms with E-state index < -0.39 is 0 Å². The Labute approximate surface area is 67.2 Å². The Morgan fingerprint density at radius 3 is 2.82 bits per heavy atom. The molecule has 0 saturated heterocycles. The molecule has 0 rings (SSSR count). The van der Waals surface area contributed by atoms with E-state index >= 15 is 0 Å². The second-order valence-electron chi connectivity index (χ2n) is 1.95. The van der Waals surface area contributed by atoms with Gasteiger partial charge < -0.3 is 10.6 Å². The largest absolute Gasteiger partial charge is 0.390 e. The molecular formula is C8H14N2O. The standard InChI is InChI=1S/C8H14N2O/c1-3-5-8(11)10-7-6-9-4-2/h3-5,9H,2,6-7H2,1H3,(H,10,11)/b5-3+. The molecule has 2 N–H and O–H groups in total. The number of hydrogen-bond donors (Lipinski definition) is 2. The summed E-state index contributed by atoms with van der Waals surface area (Å²) in [5, 5.41) is 5.55. The summed E-state index contributed by atoms with van der Waals surface area (Å²) in [5.74, 6) is -0.0571. The van der Waals surface area contributed by atoms with Crippen LogP contribution in [0.2, 0.25) is 0 Å². The van der Waals surface area contributed by atoms with E-state index in [2.05, 4.69) is 17.2 Å². The van der Waals surface area contributed by atoms with Crippen LogP contribution in [0.4, 0.5) is 0 Å². The molecule has 0 spiro atoms. The molecule has 0 aromatic heterocycles. The van der Waals surface area contributed by atoms with Gasteiger partial charge in [-0.25, -0.2) is 0 Å². The third kappa shape index (κ3) is 6.64. The number of nitrogens with one attached hydrogen (secondary N) is 2. The SMILES string of the molecule is C=CNCCNC(=O)/C=C/C. The lowest BCUT2D eigenvalue weighted by molar-refractivity contribution is -0.116. The average molecular weight is 154 g/mol. The van der Waals surface area contributed by atoms with E-state index in [1.54, 1.807) is 12.3 Å². The molecule has 3 nitrogen and oxygen atoms in total. The minimum Gasteiger partial charge on any atom is -0.390 e. The fourth-order valence-electron chi connectivity index (χ4n) is 0.570. The van der Waals surface area contributed by atoms with Gasteiger partial charge in [-0.15, -0.1) is 0 Å². The van der Waals surface area contributed by atoms with Crippen molar-refractivity contribution in [3.63, 3.8) is 0 Å². The van der Waals surface area contributed by atoms with E-state index in [-0.39, 0.29) is 5.91 Å². The van der Waals surface area contributed by atoms with Crippen LogP contribution in [0.3, 0.4) is 0 Å². The van der Waals surface area contributed by atoms with Crippen molar-refractivity contribution in [2.24, 2.45) is 0 Å². The topological polar surface area (TPSA) is 41.1 Å². The lowest BCUT2D eigenvalue weighted by Gasteiger charge is -2.00. The summed E-state index contributed by atoms with van der Waals surface area (Å²) in [4.78, 5) is 10.8. The van der Waals surface area contributed by atoms with E-state index in [1.807, 2.05) is 6.92 Å². The Bertz CT molecular complexity index is 152. The first-order chi connectivity index (χ1) is 5.31. The third-order valence-electron chi connectivity index (χ3n) is 1.03. The summed E-state index contributed by atoms with van der Waals surface area (Å²) in [6.07, 6.45) is 4.80. The number of amides is 1. The normalized spacial score (nSPS) is 9.55. The van der Waals surface area contributed by atoms with Crippen LogP contribution < -0.4 is 10.6 Å². The van der Waals surface area contributed by atoms with Crippen LogP contribution >= 0.6 is 0 Å². The fraction of sp³-hybridized carbons (Fsp3) is 0.375. The molecule has 0 aliphatic rings. The molecule has 0 aromatic rings. The van der Waals surface area contributed by atoms with Crippen LogP contribution in [0.15, 0.2) is 24.9 Å². The molecule has 0 bridgehead atoms. The fourth-order valence-corrected chi connectivity index (χ4v) is 0.570. The molecule has 0 saturated carbocycles. The first-order valence-electron chi connectivity index (χ1n) is 3.56. The molecule has 62 valence electrons. The molecule has 1 amide bonds. The second kappa shape index (κ2) is 6.86. The number of carbonyl (C=O) groups is 1. The molecule has 0 atom stereocenters. The molecule has 0 aliphatic heterocycles. The van der Waals surface area contributed by atoms with Crippen molar-refractivity contribution in [3.8, 4) is 0 Å².